The Bertz CT molecular complexity index is 649. The summed E-state index contributed by atoms with van der Waals surface area (Å²) < 4.78 is 23.8. The Balaban J connectivity index is 1.64. The Morgan fingerprint density at radius 2 is 2.00 bits per heavy atom. The Labute approximate surface area is 127 Å². The molecule has 1 aromatic heterocycles. The minimum atomic E-state index is -0.380. The van der Waals surface area contributed by atoms with Gasteiger partial charge in [-0.25, -0.2) is 4.39 Å². The molecule has 2 heterocycles. The van der Waals surface area contributed by atoms with Crippen LogP contribution in [0.15, 0.2) is 41.0 Å². The van der Waals surface area contributed by atoms with Crippen molar-refractivity contribution in [3.63, 3.8) is 0 Å². The molecule has 0 N–H and O–H groups in total. The van der Waals surface area contributed by atoms with E-state index in [0.29, 0.717) is 31.9 Å². The zero-order valence-corrected chi connectivity index (χ0v) is 12.3. The lowest BCUT2D eigenvalue weighted by molar-refractivity contribution is 0.0714. The molecular formula is C16H17FN2O3. The van der Waals surface area contributed by atoms with Crippen molar-refractivity contribution in [1.29, 1.82) is 0 Å². The fourth-order valence-electron chi connectivity index (χ4n) is 2.58. The van der Waals surface area contributed by atoms with Crippen LogP contribution in [0.25, 0.3) is 0 Å². The third-order valence-electron chi connectivity index (χ3n) is 3.80. The van der Waals surface area contributed by atoms with Crippen molar-refractivity contribution in [2.45, 2.75) is 0 Å². The number of hydrogen-bond donors (Lipinski definition) is 0. The molecule has 1 aromatic carbocycles. The predicted octanol–water partition coefficient (Wildman–Crippen LogP) is 2.39. The molecule has 116 valence electrons. The minimum Gasteiger partial charge on any atom is -0.494 e. The lowest BCUT2D eigenvalue weighted by atomic mass is 10.2. The standard InChI is InChI=1S/C16H17FN2O3/c1-21-14-5-4-12(11-13(14)17)18-6-8-19(9-7-18)16(20)15-3-2-10-22-15/h2-5,10-11H,6-9H2,1H3. The lowest BCUT2D eigenvalue weighted by Gasteiger charge is -2.35. The minimum absolute atomic E-state index is 0.106. The number of amides is 1. The van der Waals surface area contributed by atoms with Gasteiger partial charge in [-0.2, -0.15) is 0 Å². The average Bonchev–Trinajstić information content (AvgIpc) is 3.09. The predicted molar refractivity (Wildman–Crippen MR) is 79.8 cm³/mol. The van der Waals surface area contributed by atoms with Crippen LogP contribution in [0.4, 0.5) is 10.1 Å². The van der Waals surface area contributed by atoms with Gasteiger partial charge in [0, 0.05) is 37.9 Å². The zero-order chi connectivity index (χ0) is 15.5. The van der Waals surface area contributed by atoms with Gasteiger partial charge in [0.25, 0.3) is 5.91 Å². The number of halogens is 1. The molecule has 1 saturated heterocycles. The molecule has 1 aliphatic rings. The molecule has 0 bridgehead atoms. The molecule has 5 nitrogen and oxygen atoms in total. The van der Waals surface area contributed by atoms with Gasteiger partial charge >= 0.3 is 0 Å². The maximum Gasteiger partial charge on any atom is 0.289 e. The van der Waals surface area contributed by atoms with E-state index >= 15 is 0 Å². The van der Waals surface area contributed by atoms with Gasteiger partial charge in [0.2, 0.25) is 0 Å². The number of hydrogen-bond acceptors (Lipinski definition) is 4. The Kier molecular flexibility index (Phi) is 4.00. The molecule has 6 heteroatoms. The number of methoxy groups -OCH3 is 1. The number of carbonyl (C=O) groups is 1. The van der Waals surface area contributed by atoms with Crippen LogP contribution in [-0.4, -0.2) is 44.1 Å². The van der Waals surface area contributed by atoms with E-state index < -0.39 is 0 Å². The molecule has 0 radical (unpaired) electrons. The van der Waals surface area contributed by atoms with Crippen LogP contribution in [0.1, 0.15) is 10.6 Å². The Morgan fingerprint density at radius 3 is 2.59 bits per heavy atom. The summed E-state index contributed by atoms with van der Waals surface area (Å²) in [6.07, 6.45) is 1.49. The van der Waals surface area contributed by atoms with Gasteiger partial charge in [0.1, 0.15) is 0 Å². The average molecular weight is 304 g/mol. The van der Waals surface area contributed by atoms with Crippen LogP contribution in [-0.2, 0) is 0 Å². The first-order valence-corrected chi connectivity index (χ1v) is 7.10. The van der Waals surface area contributed by atoms with Crippen molar-refractivity contribution >= 4 is 11.6 Å². The number of ether oxygens (including phenoxy) is 1. The van der Waals surface area contributed by atoms with E-state index in [2.05, 4.69) is 4.90 Å². The Morgan fingerprint density at radius 1 is 1.23 bits per heavy atom. The van der Waals surface area contributed by atoms with Crippen LogP contribution in [0.5, 0.6) is 5.75 Å². The quantitative estimate of drug-likeness (QED) is 0.873. The van der Waals surface area contributed by atoms with Crippen molar-refractivity contribution in [2.24, 2.45) is 0 Å². The number of furan rings is 1. The first-order valence-electron chi connectivity index (χ1n) is 7.10. The third-order valence-corrected chi connectivity index (χ3v) is 3.80. The number of carbonyl (C=O) groups excluding carboxylic acids is 1. The van der Waals surface area contributed by atoms with E-state index in [4.69, 9.17) is 9.15 Å². The first-order chi connectivity index (χ1) is 10.7. The Hall–Kier alpha value is -2.50. The van der Waals surface area contributed by atoms with Crippen molar-refractivity contribution < 1.29 is 18.3 Å². The topological polar surface area (TPSA) is 45.9 Å². The fraction of sp³-hybridized carbons (Fsp3) is 0.312. The van der Waals surface area contributed by atoms with E-state index in [1.54, 1.807) is 23.1 Å². The van der Waals surface area contributed by atoms with Crippen molar-refractivity contribution in [2.75, 3.05) is 38.2 Å². The molecule has 0 saturated carbocycles. The lowest BCUT2D eigenvalue weighted by Crippen LogP contribution is -2.48. The maximum absolute atomic E-state index is 13.8. The monoisotopic (exact) mass is 304 g/mol. The summed E-state index contributed by atoms with van der Waals surface area (Å²) in [6, 6.07) is 8.26. The van der Waals surface area contributed by atoms with E-state index in [1.165, 1.54) is 19.4 Å². The summed E-state index contributed by atoms with van der Waals surface area (Å²) in [5.74, 6) is 0.0963. The summed E-state index contributed by atoms with van der Waals surface area (Å²) in [4.78, 5) is 16.0. The van der Waals surface area contributed by atoms with Gasteiger partial charge < -0.3 is 19.0 Å². The molecule has 1 amide bonds. The maximum atomic E-state index is 13.8. The first kappa shape index (κ1) is 14.4. The molecule has 0 atom stereocenters. The van der Waals surface area contributed by atoms with E-state index in [-0.39, 0.29) is 17.5 Å². The third kappa shape index (κ3) is 2.77. The molecule has 0 aliphatic carbocycles. The number of nitrogens with zero attached hydrogens (tertiary/aromatic N) is 2. The van der Waals surface area contributed by atoms with Gasteiger partial charge in [-0.05, 0) is 24.3 Å². The van der Waals surface area contributed by atoms with E-state index in [1.807, 2.05) is 6.07 Å². The summed E-state index contributed by atoms with van der Waals surface area (Å²) in [6.45, 7) is 2.46. The highest BCUT2D eigenvalue weighted by Gasteiger charge is 2.24. The normalized spacial score (nSPS) is 15.0. The number of piperazine rings is 1. The van der Waals surface area contributed by atoms with Gasteiger partial charge in [-0.15, -0.1) is 0 Å². The molecule has 3 rings (SSSR count). The fourth-order valence-corrected chi connectivity index (χ4v) is 2.58. The number of benzene rings is 1. The van der Waals surface area contributed by atoms with Gasteiger partial charge in [0.05, 0.1) is 13.4 Å². The van der Waals surface area contributed by atoms with Gasteiger partial charge in [-0.1, -0.05) is 0 Å². The van der Waals surface area contributed by atoms with Gasteiger partial charge in [0.15, 0.2) is 17.3 Å². The van der Waals surface area contributed by atoms with Crippen LogP contribution >= 0.6 is 0 Å². The molecule has 0 spiro atoms. The highest BCUT2D eigenvalue weighted by Crippen LogP contribution is 2.24. The van der Waals surface area contributed by atoms with Crippen molar-refractivity contribution in [3.05, 3.63) is 48.2 Å². The van der Waals surface area contributed by atoms with Crippen LogP contribution in [0.3, 0.4) is 0 Å². The molecule has 1 aliphatic heterocycles. The summed E-state index contributed by atoms with van der Waals surface area (Å²) >= 11 is 0. The molecule has 0 unspecified atom stereocenters. The summed E-state index contributed by atoms with van der Waals surface area (Å²) in [5, 5.41) is 0. The smallest absolute Gasteiger partial charge is 0.289 e. The SMILES string of the molecule is COc1ccc(N2CCN(C(=O)c3ccco3)CC2)cc1F. The summed E-state index contributed by atoms with van der Waals surface area (Å²) in [7, 11) is 1.44. The van der Waals surface area contributed by atoms with E-state index in [0.717, 1.165) is 5.69 Å². The van der Waals surface area contributed by atoms with Crippen LogP contribution in [0.2, 0.25) is 0 Å². The van der Waals surface area contributed by atoms with Gasteiger partial charge in [-0.3, -0.25) is 4.79 Å². The zero-order valence-electron chi connectivity index (χ0n) is 12.3. The highest BCUT2D eigenvalue weighted by molar-refractivity contribution is 5.91. The van der Waals surface area contributed by atoms with Crippen molar-refractivity contribution in [1.82, 2.24) is 4.90 Å². The summed E-state index contributed by atoms with van der Waals surface area (Å²) in [5.41, 5.74) is 0.795. The molecule has 22 heavy (non-hydrogen) atoms. The molecular weight excluding hydrogens is 287 g/mol. The van der Waals surface area contributed by atoms with E-state index in [9.17, 15) is 9.18 Å². The van der Waals surface area contributed by atoms with Crippen LogP contribution < -0.4 is 9.64 Å². The molecule has 1 fully saturated rings. The second kappa shape index (κ2) is 6.09. The van der Waals surface area contributed by atoms with Crippen molar-refractivity contribution in [3.8, 4) is 5.75 Å². The largest absolute Gasteiger partial charge is 0.494 e. The number of rotatable bonds is 3. The van der Waals surface area contributed by atoms with Crippen LogP contribution in [0, 0.1) is 5.82 Å². The highest BCUT2D eigenvalue weighted by atomic mass is 19.1. The second-order valence-electron chi connectivity index (χ2n) is 5.08. The second-order valence-corrected chi connectivity index (χ2v) is 5.08. The number of anilines is 1. The molecule has 2 aromatic rings.